The van der Waals surface area contributed by atoms with E-state index in [1.807, 2.05) is 16.8 Å². The molecule has 3 aromatic rings. The minimum absolute atomic E-state index is 0.279. The van der Waals surface area contributed by atoms with Crippen LogP contribution < -0.4 is 0 Å². The topological polar surface area (TPSA) is 135 Å². The number of carboxylic acid groups (broad SMARTS) is 2. The van der Waals surface area contributed by atoms with Crippen LogP contribution in [-0.2, 0) is 16.0 Å². The predicted octanol–water partition coefficient (Wildman–Crippen LogP) is 4.02. The first-order chi connectivity index (χ1) is 16.8. The van der Waals surface area contributed by atoms with Crippen molar-refractivity contribution in [1.29, 1.82) is 0 Å². The van der Waals surface area contributed by atoms with Crippen molar-refractivity contribution < 1.29 is 24.2 Å². The van der Waals surface area contributed by atoms with Gasteiger partial charge in [0.05, 0.1) is 5.52 Å². The number of nitrogens with zero attached hydrogens (tertiary/aromatic N) is 5. The van der Waals surface area contributed by atoms with Gasteiger partial charge in [-0.2, -0.15) is 5.10 Å². The second-order valence-electron chi connectivity index (χ2n) is 9.64. The van der Waals surface area contributed by atoms with Crippen molar-refractivity contribution in [2.45, 2.75) is 70.9 Å². The van der Waals surface area contributed by atoms with E-state index in [0.717, 1.165) is 35.0 Å². The number of hydrogen-bond acceptors (Lipinski definition) is 7. The molecule has 5 rings (SSSR count). The van der Waals surface area contributed by atoms with Crippen molar-refractivity contribution in [3.8, 4) is 11.6 Å². The Morgan fingerprint density at radius 3 is 2.31 bits per heavy atom. The van der Waals surface area contributed by atoms with Gasteiger partial charge in [0.25, 0.3) is 5.89 Å². The minimum Gasteiger partial charge on any atom is -0.473 e. The van der Waals surface area contributed by atoms with Gasteiger partial charge in [0.2, 0.25) is 5.89 Å². The molecule has 0 spiro atoms. The lowest BCUT2D eigenvalue weighted by atomic mass is 9.92. The van der Waals surface area contributed by atoms with E-state index in [-0.39, 0.29) is 6.04 Å². The van der Waals surface area contributed by atoms with E-state index in [0.29, 0.717) is 11.8 Å². The van der Waals surface area contributed by atoms with Gasteiger partial charge in [-0.05, 0) is 64.6 Å². The number of carbonyl (C=O) groups is 2. The zero-order valence-electron chi connectivity index (χ0n) is 20.3. The van der Waals surface area contributed by atoms with E-state index in [1.165, 1.54) is 51.6 Å². The molecule has 2 aromatic heterocycles. The lowest BCUT2D eigenvalue weighted by molar-refractivity contribution is -0.159. The van der Waals surface area contributed by atoms with Crippen molar-refractivity contribution >= 4 is 22.8 Å². The van der Waals surface area contributed by atoms with Crippen LogP contribution in [0.1, 0.15) is 64.3 Å². The van der Waals surface area contributed by atoms with Gasteiger partial charge in [0.1, 0.15) is 0 Å². The number of rotatable bonds is 5. The predicted molar refractivity (Wildman–Crippen MR) is 129 cm³/mol. The fourth-order valence-corrected chi connectivity index (χ4v) is 5.11. The number of aliphatic carboxylic acids is 2. The summed E-state index contributed by atoms with van der Waals surface area (Å²) in [7, 11) is 0. The van der Waals surface area contributed by atoms with Crippen LogP contribution in [0.15, 0.2) is 28.7 Å². The molecule has 35 heavy (non-hydrogen) atoms. The maximum atomic E-state index is 9.10. The minimum atomic E-state index is -1.82. The summed E-state index contributed by atoms with van der Waals surface area (Å²) in [4.78, 5) is 20.9. The molecule has 1 aromatic carbocycles. The average Bonchev–Trinajstić information content (AvgIpc) is 3.60. The zero-order chi connectivity index (χ0) is 24.9. The van der Waals surface area contributed by atoms with Crippen LogP contribution in [0.4, 0.5) is 0 Å². The normalized spacial score (nSPS) is 17.6. The molecular formula is C25H33N5O5. The van der Waals surface area contributed by atoms with Crippen molar-refractivity contribution in [1.82, 2.24) is 24.9 Å². The highest BCUT2D eigenvalue weighted by Gasteiger charge is 2.28. The highest BCUT2D eigenvalue weighted by Crippen LogP contribution is 2.31. The Morgan fingerprint density at radius 1 is 1.03 bits per heavy atom. The molecule has 3 heterocycles. The lowest BCUT2D eigenvalue weighted by Crippen LogP contribution is -2.40. The van der Waals surface area contributed by atoms with Crippen molar-refractivity contribution in [3.63, 3.8) is 0 Å². The van der Waals surface area contributed by atoms with Crippen LogP contribution in [0.3, 0.4) is 0 Å². The number of para-hydroxylation sites is 1. The molecule has 2 aliphatic rings. The first-order valence-electron chi connectivity index (χ1n) is 12.3. The van der Waals surface area contributed by atoms with Gasteiger partial charge in [0, 0.05) is 23.9 Å². The highest BCUT2D eigenvalue weighted by molar-refractivity contribution is 6.27. The summed E-state index contributed by atoms with van der Waals surface area (Å²) in [6, 6.07) is 9.38. The molecule has 1 saturated carbocycles. The molecule has 2 fully saturated rings. The maximum Gasteiger partial charge on any atom is 0.414 e. The lowest BCUT2D eigenvalue weighted by Gasteiger charge is -2.35. The number of aromatic nitrogens is 4. The Kier molecular flexibility index (Phi) is 7.80. The van der Waals surface area contributed by atoms with E-state index in [4.69, 9.17) is 29.3 Å². The molecule has 1 saturated heterocycles. The molecule has 10 heteroatoms. The van der Waals surface area contributed by atoms with E-state index < -0.39 is 11.9 Å². The molecule has 1 aliphatic heterocycles. The third kappa shape index (κ3) is 5.87. The number of fused-ring (bicyclic) bond motifs is 1. The molecule has 2 N–H and O–H groups in total. The first kappa shape index (κ1) is 24.8. The molecule has 188 valence electrons. The zero-order valence-corrected chi connectivity index (χ0v) is 20.3. The summed E-state index contributed by atoms with van der Waals surface area (Å²) in [6.45, 7) is 6.72. The highest BCUT2D eigenvalue weighted by atomic mass is 16.4. The summed E-state index contributed by atoms with van der Waals surface area (Å²) >= 11 is 0. The van der Waals surface area contributed by atoms with Crippen molar-refractivity contribution in [2.24, 2.45) is 5.92 Å². The molecule has 0 atom stereocenters. The summed E-state index contributed by atoms with van der Waals surface area (Å²) in [5, 5.41) is 29.4. The molecule has 0 radical (unpaired) electrons. The Balaban J connectivity index is 0.000000431. The Labute approximate surface area is 203 Å². The van der Waals surface area contributed by atoms with Crippen LogP contribution in [0.2, 0.25) is 0 Å². The SMILES string of the molecule is CC(C)n1nc(-c2nnc(CC3CCN(C4CCCC4)CC3)o2)c2ccccc21.O=C(O)C(=O)O. The molecular weight excluding hydrogens is 450 g/mol. The van der Waals surface area contributed by atoms with Crippen LogP contribution >= 0.6 is 0 Å². The second-order valence-corrected chi connectivity index (χ2v) is 9.64. The smallest absolute Gasteiger partial charge is 0.414 e. The van der Waals surface area contributed by atoms with Crippen LogP contribution in [0.5, 0.6) is 0 Å². The van der Waals surface area contributed by atoms with Gasteiger partial charge in [0.15, 0.2) is 5.69 Å². The third-order valence-electron chi connectivity index (χ3n) is 6.91. The number of benzene rings is 1. The summed E-state index contributed by atoms with van der Waals surface area (Å²) in [5.74, 6) is -1.71. The van der Waals surface area contributed by atoms with Gasteiger partial charge in [-0.25, -0.2) is 9.59 Å². The Morgan fingerprint density at radius 2 is 1.69 bits per heavy atom. The quantitative estimate of drug-likeness (QED) is 0.516. The summed E-state index contributed by atoms with van der Waals surface area (Å²) in [6.07, 6.45) is 8.98. The fraction of sp³-hybridized carbons (Fsp3) is 0.560. The van der Waals surface area contributed by atoms with Gasteiger partial charge in [-0.15, -0.1) is 10.2 Å². The monoisotopic (exact) mass is 483 g/mol. The summed E-state index contributed by atoms with van der Waals surface area (Å²) < 4.78 is 8.12. The summed E-state index contributed by atoms with van der Waals surface area (Å²) in [5.41, 5.74) is 1.90. The van der Waals surface area contributed by atoms with Gasteiger partial charge >= 0.3 is 11.9 Å². The van der Waals surface area contributed by atoms with Crippen LogP contribution in [0, 0.1) is 5.92 Å². The number of likely N-dealkylation sites (tertiary alicyclic amines) is 1. The van der Waals surface area contributed by atoms with Gasteiger partial charge < -0.3 is 19.5 Å². The molecule has 0 amide bonds. The average molecular weight is 484 g/mol. The van der Waals surface area contributed by atoms with E-state index >= 15 is 0 Å². The molecule has 1 aliphatic carbocycles. The Hall–Kier alpha value is -3.27. The van der Waals surface area contributed by atoms with E-state index in [2.05, 4.69) is 41.1 Å². The number of carboxylic acids is 2. The fourth-order valence-electron chi connectivity index (χ4n) is 5.11. The molecule has 0 unspecified atom stereocenters. The van der Waals surface area contributed by atoms with E-state index in [9.17, 15) is 0 Å². The Bertz CT molecular complexity index is 1140. The molecule has 0 bridgehead atoms. The van der Waals surface area contributed by atoms with Crippen LogP contribution in [-0.4, -0.2) is 66.2 Å². The van der Waals surface area contributed by atoms with Crippen LogP contribution in [0.25, 0.3) is 22.5 Å². The molecule has 10 nitrogen and oxygen atoms in total. The third-order valence-corrected chi connectivity index (χ3v) is 6.91. The van der Waals surface area contributed by atoms with Gasteiger partial charge in [-0.3, -0.25) is 4.68 Å². The number of piperidine rings is 1. The van der Waals surface area contributed by atoms with Crippen molar-refractivity contribution in [3.05, 3.63) is 30.2 Å². The largest absolute Gasteiger partial charge is 0.473 e. The second kappa shape index (κ2) is 11.0. The maximum absolute atomic E-state index is 9.10. The first-order valence-corrected chi connectivity index (χ1v) is 12.3. The van der Waals surface area contributed by atoms with Crippen molar-refractivity contribution in [2.75, 3.05) is 13.1 Å². The standard InChI is InChI=1S/C23H31N5O.C2H2O4/c1-16(2)28-20-10-6-5-9-19(20)22(26-28)23-25-24-21(29-23)15-17-11-13-27(14-12-17)18-7-3-4-8-18;3-1(4)2(5)6/h5-6,9-10,16-18H,3-4,7-8,11-15H2,1-2H3;(H,3,4)(H,5,6). The van der Waals surface area contributed by atoms with Gasteiger partial charge in [-0.1, -0.05) is 31.0 Å². The number of hydrogen-bond donors (Lipinski definition) is 2. The van der Waals surface area contributed by atoms with E-state index in [1.54, 1.807) is 0 Å².